The van der Waals surface area contributed by atoms with Gasteiger partial charge in [-0.2, -0.15) is 0 Å². The average molecular weight is 334 g/mol. The van der Waals surface area contributed by atoms with E-state index in [2.05, 4.69) is 12.7 Å². The Morgan fingerprint density at radius 1 is 1.12 bits per heavy atom. The van der Waals surface area contributed by atoms with Gasteiger partial charge in [0.15, 0.2) is 0 Å². The van der Waals surface area contributed by atoms with Gasteiger partial charge in [-0.25, -0.2) is 0 Å². The highest BCUT2D eigenvalue weighted by Gasteiger charge is 2.67. The van der Waals surface area contributed by atoms with Crippen molar-refractivity contribution in [2.45, 2.75) is 63.8 Å². The Morgan fingerprint density at radius 2 is 1.83 bits per heavy atom. The van der Waals surface area contributed by atoms with Crippen molar-refractivity contribution in [3.63, 3.8) is 0 Å². The third-order valence-electron chi connectivity index (χ3n) is 8.14. The van der Waals surface area contributed by atoms with Crippen molar-refractivity contribution >= 4 is 0 Å². The maximum absolute atomic E-state index is 11.6. The van der Waals surface area contributed by atoms with Gasteiger partial charge in [-0.3, -0.25) is 0 Å². The zero-order chi connectivity index (χ0) is 17.5. The Balaban J connectivity index is 1.83. The van der Waals surface area contributed by atoms with Gasteiger partial charge in [0, 0.05) is 11.3 Å². The van der Waals surface area contributed by atoms with Crippen molar-refractivity contribution in [2.75, 3.05) is 6.61 Å². The number of aliphatic hydroxyl groups excluding tert-OH is 3. The summed E-state index contributed by atoms with van der Waals surface area (Å²) in [5.41, 5.74) is -0.228. The van der Waals surface area contributed by atoms with Gasteiger partial charge in [-0.15, -0.1) is 0 Å². The molecule has 0 aromatic heterocycles. The summed E-state index contributed by atoms with van der Waals surface area (Å²) in [6.07, 6.45) is 4.56. The van der Waals surface area contributed by atoms with Crippen LogP contribution in [0, 0.1) is 28.6 Å². The minimum absolute atomic E-state index is 0.0829. The average Bonchev–Trinajstić information content (AvgIpc) is 2.88. The van der Waals surface area contributed by atoms with Crippen molar-refractivity contribution < 1.29 is 20.4 Å². The molecule has 3 fully saturated rings. The summed E-state index contributed by atoms with van der Waals surface area (Å²) in [5.74, 6) is 0.343. The van der Waals surface area contributed by atoms with E-state index in [1.807, 2.05) is 13.8 Å². The minimum Gasteiger partial charge on any atom is -0.392 e. The molecule has 0 heterocycles. The normalized spacial score (nSPS) is 52.5. The molecule has 4 nitrogen and oxygen atoms in total. The fraction of sp³-hybridized carbons (Fsp3) is 0.800. The fourth-order valence-electron chi connectivity index (χ4n) is 6.60. The van der Waals surface area contributed by atoms with Gasteiger partial charge in [0.1, 0.15) is 5.60 Å². The first-order chi connectivity index (χ1) is 11.2. The quantitative estimate of drug-likeness (QED) is 0.551. The van der Waals surface area contributed by atoms with Gasteiger partial charge < -0.3 is 20.4 Å². The van der Waals surface area contributed by atoms with E-state index in [4.69, 9.17) is 0 Å². The lowest BCUT2D eigenvalue weighted by atomic mass is 9.62. The Morgan fingerprint density at radius 3 is 2.50 bits per heavy atom. The molecule has 7 atom stereocenters. The molecule has 0 radical (unpaired) electrons. The molecule has 0 aliphatic heterocycles. The Bertz CT molecular complexity index is 609. The van der Waals surface area contributed by atoms with Crippen LogP contribution in [-0.2, 0) is 0 Å². The second-order valence-electron chi connectivity index (χ2n) is 9.29. The van der Waals surface area contributed by atoms with Crippen LogP contribution in [-0.4, -0.2) is 44.8 Å². The van der Waals surface area contributed by atoms with E-state index in [0.717, 1.165) is 30.4 Å². The Hall–Kier alpha value is -0.680. The zero-order valence-corrected chi connectivity index (χ0v) is 14.7. The van der Waals surface area contributed by atoms with Crippen LogP contribution in [0.4, 0.5) is 0 Å². The lowest BCUT2D eigenvalue weighted by Gasteiger charge is -2.44. The van der Waals surface area contributed by atoms with E-state index in [9.17, 15) is 20.4 Å². The molecule has 0 unspecified atom stereocenters. The molecule has 4 N–H and O–H groups in total. The van der Waals surface area contributed by atoms with Gasteiger partial charge in [-0.1, -0.05) is 32.1 Å². The third-order valence-corrected chi connectivity index (χ3v) is 8.14. The molecule has 24 heavy (non-hydrogen) atoms. The maximum atomic E-state index is 11.6. The first-order valence-corrected chi connectivity index (χ1v) is 9.27. The molecule has 2 bridgehead atoms. The van der Waals surface area contributed by atoms with E-state index in [1.54, 1.807) is 0 Å². The van der Waals surface area contributed by atoms with Crippen LogP contribution in [0.1, 0.15) is 46.0 Å². The molecule has 1 spiro atoms. The lowest BCUT2D eigenvalue weighted by Crippen LogP contribution is -2.56. The van der Waals surface area contributed by atoms with E-state index in [1.165, 1.54) is 0 Å². The summed E-state index contributed by atoms with van der Waals surface area (Å²) >= 11 is 0. The molecule has 0 saturated heterocycles. The van der Waals surface area contributed by atoms with Crippen molar-refractivity contribution in [2.24, 2.45) is 28.6 Å². The molecule has 4 aliphatic carbocycles. The molecule has 134 valence electrons. The van der Waals surface area contributed by atoms with E-state index in [-0.39, 0.29) is 23.9 Å². The van der Waals surface area contributed by atoms with Gasteiger partial charge in [0.25, 0.3) is 0 Å². The smallest absolute Gasteiger partial charge is 0.105 e. The number of allylic oxidation sites excluding steroid dienone is 1. The largest absolute Gasteiger partial charge is 0.392 e. The minimum atomic E-state index is -1.35. The molecule has 0 amide bonds. The number of aliphatic hydroxyl groups is 4. The summed E-state index contributed by atoms with van der Waals surface area (Å²) in [6.45, 7) is 8.16. The molecular formula is C20H30O4. The summed E-state index contributed by atoms with van der Waals surface area (Å²) in [6, 6.07) is 0. The van der Waals surface area contributed by atoms with Crippen LogP contribution >= 0.6 is 0 Å². The standard InChI is InChI=1S/C20H30O4/c1-11-14-5-4-12-7-19(14,8-13(12)10-21)9-17(23)20(24)15(11)6-16(22)18(20,2)3/h8,12,14-17,21-24H,1,4-7,9-10H2,2-3H3/t12-,14+,15+,16+,17-,19+,20+/m1/s1. The van der Waals surface area contributed by atoms with Gasteiger partial charge in [0.05, 0.1) is 18.8 Å². The van der Waals surface area contributed by atoms with Gasteiger partial charge in [0.2, 0.25) is 0 Å². The number of hydrogen-bond donors (Lipinski definition) is 4. The van der Waals surface area contributed by atoms with Gasteiger partial charge in [-0.05, 0) is 54.9 Å². The highest BCUT2D eigenvalue weighted by molar-refractivity contribution is 5.35. The van der Waals surface area contributed by atoms with Crippen molar-refractivity contribution in [3.8, 4) is 0 Å². The molecule has 4 heteroatoms. The highest BCUT2D eigenvalue weighted by Crippen LogP contribution is 2.66. The molecule has 4 aliphatic rings. The predicted molar refractivity (Wildman–Crippen MR) is 91.0 cm³/mol. The number of hydrogen-bond acceptors (Lipinski definition) is 4. The summed E-state index contributed by atoms with van der Waals surface area (Å²) in [5, 5.41) is 42.9. The monoisotopic (exact) mass is 334 g/mol. The fourth-order valence-corrected chi connectivity index (χ4v) is 6.60. The van der Waals surface area contributed by atoms with E-state index >= 15 is 0 Å². The number of rotatable bonds is 1. The van der Waals surface area contributed by atoms with Crippen molar-refractivity contribution in [1.82, 2.24) is 0 Å². The molecule has 3 saturated carbocycles. The Kier molecular flexibility index (Phi) is 3.45. The molecule has 0 aromatic rings. The van der Waals surface area contributed by atoms with E-state index < -0.39 is 23.2 Å². The maximum Gasteiger partial charge on any atom is 0.105 e. The van der Waals surface area contributed by atoms with Crippen molar-refractivity contribution in [3.05, 3.63) is 23.8 Å². The lowest BCUT2D eigenvalue weighted by molar-refractivity contribution is -0.167. The van der Waals surface area contributed by atoms with Crippen LogP contribution < -0.4 is 0 Å². The molecule has 0 aromatic carbocycles. The van der Waals surface area contributed by atoms with Crippen LogP contribution in [0.15, 0.2) is 23.8 Å². The van der Waals surface area contributed by atoms with Crippen molar-refractivity contribution in [1.29, 1.82) is 0 Å². The zero-order valence-electron chi connectivity index (χ0n) is 14.7. The summed E-state index contributed by atoms with van der Waals surface area (Å²) in [4.78, 5) is 0. The van der Waals surface area contributed by atoms with Crippen LogP contribution in [0.2, 0.25) is 0 Å². The SMILES string of the molecule is C=C1[C@@H]2CC[C@@H]3C[C@]2(C=C3CO)C[C@@H](O)[C@@]2(O)[C@H]1C[C@H](O)C2(C)C. The molecule has 4 rings (SSSR count). The Labute approximate surface area is 143 Å². The first-order valence-electron chi connectivity index (χ1n) is 9.27. The number of fused-ring (bicyclic) bond motifs is 2. The molecular weight excluding hydrogens is 304 g/mol. The summed E-state index contributed by atoms with van der Waals surface area (Å²) < 4.78 is 0. The van der Waals surface area contributed by atoms with Gasteiger partial charge >= 0.3 is 0 Å². The second-order valence-corrected chi connectivity index (χ2v) is 9.29. The van der Waals surface area contributed by atoms with Crippen LogP contribution in [0.5, 0.6) is 0 Å². The predicted octanol–water partition coefficient (Wildman–Crippen LogP) is 1.78. The van der Waals surface area contributed by atoms with Crippen LogP contribution in [0.25, 0.3) is 0 Å². The third kappa shape index (κ3) is 1.78. The van der Waals surface area contributed by atoms with E-state index in [0.29, 0.717) is 18.8 Å². The van der Waals surface area contributed by atoms with Crippen LogP contribution in [0.3, 0.4) is 0 Å². The topological polar surface area (TPSA) is 80.9 Å². The first kappa shape index (κ1) is 16.8. The highest BCUT2D eigenvalue weighted by atomic mass is 16.4. The summed E-state index contributed by atoms with van der Waals surface area (Å²) in [7, 11) is 0. The second kappa shape index (κ2) is 4.94.